The number of thioether (sulfide) groups is 1. The van der Waals surface area contributed by atoms with Crippen LogP contribution in [0.15, 0.2) is 47.4 Å². The molecule has 1 aliphatic heterocycles. The lowest BCUT2D eigenvalue weighted by Crippen LogP contribution is -2.29. The van der Waals surface area contributed by atoms with Gasteiger partial charge in [-0.25, -0.2) is 9.18 Å². The molecule has 1 aliphatic rings. The van der Waals surface area contributed by atoms with Gasteiger partial charge < -0.3 is 10.0 Å². The van der Waals surface area contributed by atoms with Crippen molar-refractivity contribution in [1.82, 2.24) is 0 Å². The molecular formula is C16H14FNO2S. The van der Waals surface area contributed by atoms with Gasteiger partial charge in [-0.1, -0.05) is 18.2 Å². The van der Waals surface area contributed by atoms with Gasteiger partial charge in [0.05, 0.1) is 11.3 Å². The summed E-state index contributed by atoms with van der Waals surface area (Å²) in [5, 5.41) is 9.12. The summed E-state index contributed by atoms with van der Waals surface area (Å²) in [6.07, 6.45) is 0. The Labute approximate surface area is 126 Å². The fourth-order valence-electron chi connectivity index (χ4n) is 2.40. The van der Waals surface area contributed by atoms with Crippen LogP contribution in [0.1, 0.15) is 15.9 Å². The number of aromatic carboxylic acids is 1. The van der Waals surface area contributed by atoms with Crippen LogP contribution in [-0.2, 0) is 6.54 Å². The van der Waals surface area contributed by atoms with Crippen molar-refractivity contribution >= 4 is 23.4 Å². The first-order valence-corrected chi connectivity index (χ1v) is 7.62. The minimum Gasteiger partial charge on any atom is -0.478 e. The van der Waals surface area contributed by atoms with E-state index in [-0.39, 0.29) is 11.4 Å². The van der Waals surface area contributed by atoms with Crippen molar-refractivity contribution in [3.05, 3.63) is 59.4 Å². The first-order chi connectivity index (χ1) is 10.1. The standard InChI is InChI=1S/C16H14FNO2S/c17-13-4-2-1-3-12(13)10-18-7-8-21-15-6-5-11(16(19)20)9-14(15)18/h1-6,9H,7-8,10H2,(H,19,20). The summed E-state index contributed by atoms with van der Waals surface area (Å²) < 4.78 is 13.8. The fraction of sp³-hybridized carbons (Fsp3) is 0.188. The van der Waals surface area contributed by atoms with Gasteiger partial charge in [-0.3, -0.25) is 0 Å². The SMILES string of the molecule is O=C(O)c1ccc2c(c1)N(Cc1ccccc1F)CCS2. The second-order valence-corrected chi connectivity index (χ2v) is 5.99. The van der Waals surface area contributed by atoms with Crippen LogP contribution >= 0.6 is 11.8 Å². The third-order valence-electron chi connectivity index (χ3n) is 3.48. The molecule has 5 heteroatoms. The predicted octanol–water partition coefficient (Wildman–Crippen LogP) is 3.64. The summed E-state index contributed by atoms with van der Waals surface area (Å²) in [7, 11) is 0. The normalized spacial score (nSPS) is 13.9. The highest BCUT2D eigenvalue weighted by Gasteiger charge is 2.20. The van der Waals surface area contributed by atoms with Gasteiger partial charge in [-0.15, -0.1) is 11.8 Å². The van der Waals surface area contributed by atoms with Gasteiger partial charge in [0.15, 0.2) is 0 Å². The van der Waals surface area contributed by atoms with Gasteiger partial charge in [-0.2, -0.15) is 0 Å². The molecule has 108 valence electrons. The summed E-state index contributed by atoms with van der Waals surface area (Å²) in [5.41, 5.74) is 1.75. The van der Waals surface area contributed by atoms with Crippen LogP contribution in [0.3, 0.4) is 0 Å². The summed E-state index contributed by atoms with van der Waals surface area (Å²) >= 11 is 1.70. The number of carboxylic acid groups (broad SMARTS) is 1. The van der Waals surface area contributed by atoms with Gasteiger partial charge in [0.25, 0.3) is 0 Å². The molecule has 2 aromatic carbocycles. The average molecular weight is 303 g/mol. The van der Waals surface area contributed by atoms with Crippen molar-refractivity contribution in [3.8, 4) is 0 Å². The Morgan fingerprint density at radius 3 is 2.86 bits per heavy atom. The van der Waals surface area contributed by atoms with Gasteiger partial charge in [0.2, 0.25) is 0 Å². The van der Waals surface area contributed by atoms with Crippen LogP contribution < -0.4 is 4.90 Å². The molecule has 0 bridgehead atoms. The number of anilines is 1. The molecule has 0 saturated heterocycles. The third-order valence-corrected chi connectivity index (χ3v) is 4.53. The van der Waals surface area contributed by atoms with Crippen LogP contribution in [0, 0.1) is 5.82 Å². The lowest BCUT2D eigenvalue weighted by molar-refractivity contribution is 0.0697. The van der Waals surface area contributed by atoms with Gasteiger partial charge in [-0.05, 0) is 24.3 Å². The molecule has 0 amide bonds. The minimum atomic E-state index is -0.945. The molecule has 21 heavy (non-hydrogen) atoms. The Kier molecular flexibility index (Phi) is 3.84. The van der Waals surface area contributed by atoms with Crippen LogP contribution in [0.2, 0.25) is 0 Å². The first-order valence-electron chi connectivity index (χ1n) is 6.63. The quantitative estimate of drug-likeness (QED) is 0.940. The number of nitrogens with zero attached hydrogens (tertiary/aromatic N) is 1. The molecule has 0 fully saturated rings. The molecule has 0 radical (unpaired) electrons. The van der Waals surface area contributed by atoms with E-state index < -0.39 is 5.97 Å². The summed E-state index contributed by atoms with van der Waals surface area (Å²) in [6, 6.07) is 11.8. The number of fused-ring (bicyclic) bond motifs is 1. The van der Waals surface area contributed by atoms with Crippen LogP contribution in [0.25, 0.3) is 0 Å². The van der Waals surface area contributed by atoms with E-state index in [0.717, 1.165) is 22.9 Å². The Morgan fingerprint density at radius 2 is 2.10 bits per heavy atom. The Hall–Kier alpha value is -2.01. The maximum atomic E-state index is 13.8. The second-order valence-electron chi connectivity index (χ2n) is 4.85. The zero-order chi connectivity index (χ0) is 14.8. The zero-order valence-corrected chi connectivity index (χ0v) is 12.1. The molecule has 0 aliphatic carbocycles. The van der Waals surface area contributed by atoms with Crippen molar-refractivity contribution in [2.75, 3.05) is 17.2 Å². The Balaban J connectivity index is 1.94. The number of hydrogen-bond donors (Lipinski definition) is 1. The summed E-state index contributed by atoms with van der Waals surface area (Å²) in [6.45, 7) is 1.22. The monoisotopic (exact) mass is 303 g/mol. The molecular weight excluding hydrogens is 289 g/mol. The van der Waals surface area contributed by atoms with Crippen molar-refractivity contribution in [2.24, 2.45) is 0 Å². The van der Waals surface area contributed by atoms with Crippen molar-refractivity contribution < 1.29 is 14.3 Å². The maximum absolute atomic E-state index is 13.8. The Bertz CT molecular complexity index is 690. The molecule has 3 nitrogen and oxygen atoms in total. The van der Waals surface area contributed by atoms with Gasteiger partial charge >= 0.3 is 5.97 Å². The number of carbonyl (C=O) groups is 1. The van der Waals surface area contributed by atoms with Gasteiger partial charge in [0.1, 0.15) is 5.82 Å². The van der Waals surface area contributed by atoms with E-state index in [1.165, 1.54) is 6.07 Å². The number of rotatable bonds is 3. The summed E-state index contributed by atoms with van der Waals surface area (Å²) in [5.74, 6) is -0.265. The highest BCUT2D eigenvalue weighted by Crippen LogP contribution is 2.36. The topological polar surface area (TPSA) is 40.5 Å². The number of carboxylic acids is 1. The number of benzene rings is 2. The highest BCUT2D eigenvalue weighted by atomic mass is 32.2. The lowest BCUT2D eigenvalue weighted by atomic mass is 10.1. The van der Waals surface area contributed by atoms with E-state index in [4.69, 9.17) is 5.11 Å². The lowest BCUT2D eigenvalue weighted by Gasteiger charge is -2.31. The molecule has 0 unspecified atom stereocenters. The van der Waals surface area contributed by atoms with E-state index in [1.54, 1.807) is 36.0 Å². The number of halogens is 1. The van der Waals surface area contributed by atoms with Crippen LogP contribution in [-0.4, -0.2) is 23.4 Å². The van der Waals surface area contributed by atoms with Crippen molar-refractivity contribution in [1.29, 1.82) is 0 Å². The molecule has 1 heterocycles. The predicted molar refractivity (Wildman–Crippen MR) is 81.6 cm³/mol. The smallest absolute Gasteiger partial charge is 0.335 e. The Morgan fingerprint density at radius 1 is 1.29 bits per heavy atom. The van der Waals surface area contributed by atoms with E-state index in [2.05, 4.69) is 0 Å². The van der Waals surface area contributed by atoms with Crippen LogP contribution in [0.4, 0.5) is 10.1 Å². The van der Waals surface area contributed by atoms with Gasteiger partial charge in [0, 0.05) is 29.3 Å². The maximum Gasteiger partial charge on any atom is 0.335 e. The number of hydrogen-bond acceptors (Lipinski definition) is 3. The van der Waals surface area contributed by atoms with Crippen molar-refractivity contribution in [2.45, 2.75) is 11.4 Å². The molecule has 0 saturated carbocycles. The fourth-order valence-corrected chi connectivity index (χ4v) is 3.43. The first kappa shape index (κ1) is 13.9. The van der Waals surface area contributed by atoms with E-state index in [0.29, 0.717) is 12.1 Å². The molecule has 1 N–H and O–H groups in total. The minimum absolute atomic E-state index is 0.230. The van der Waals surface area contributed by atoms with Crippen LogP contribution in [0.5, 0.6) is 0 Å². The molecule has 3 rings (SSSR count). The van der Waals surface area contributed by atoms with Crippen molar-refractivity contribution in [3.63, 3.8) is 0 Å². The average Bonchev–Trinajstić information content (AvgIpc) is 2.49. The largest absolute Gasteiger partial charge is 0.478 e. The van der Waals surface area contributed by atoms with E-state index >= 15 is 0 Å². The zero-order valence-electron chi connectivity index (χ0n) is 11.3. The second kappa shape index (κ2) is 5.77. The highest BCUT2D eigenvalue weighted by molar-refractivity contribution is 7.99. The van der Waals surface area contributed by atoms with E-state index in [1.807, 2.05) is 17.0 Å². The molecule has 0 spiro atoms. The summed E-state index contributed by atoms with van der Waals surface area (Å²) in [4.78, 5) is 14.2. The van der Waals surface area contributed by atoms with E-state index in [9.17, 15) is 9.18 Å². The molecule has 0 atom stereocenters. The molecule has 2 aromatic rings. The third kappa shape index (κ3) is 2.88. The molecule has 0 aromatic heterocycles.